The van der Waals surface area contributed by atoms with Crippen LogP contribution >= 0.6 is 0 Å². The zero-order valence-corrected chi connectivity index (χ0v) is 12.4. The Hall–Kier alpha value is -2.47. The van der Waals surface area contributed by atoms with E-state index in [9.17, 15) is 20.1 Å². The molecule has 0 bridgehead atoms. The fraction of sp³-hybridized carbons (Fsp3) is 0.312. The van der Waals surface area contributed by atoms with Crippen molar-refractivity contribution >= 4 is 16.7 Å². The predicted octanol–water partition coefficient (Wildman–Crippen LogP) is 1.73. The van der Waals surface area contributed by atoms with Crippen LogP contribution < -0.4 is 4.74 Å². The molecule has 3 N–H and O–H groups in total. The summed E-state index contributed by atoms with van der Waals surface area (Å²) in [6, 6.07) is 6.37. The first-order chi connectivity index (χ1) is 10.5. The van der Waals surface area contributed by atoms with Gasteiger partial charge in [0.05, 0.1) is 32.1 Å². The molecule has 1 atom stereocenters. The smallest absolute Gasteiger partial charge is 0.308 e. The lowest BCUT2D eigenvalue weighted by atomic mass is 9.98. The van der Waals surface area contributed by atoms with Crippen molar-refractivity contribution in [3.05, 3.63) is 29.8 Å². The minimum absolute atomic E-state index is 0.0155. The molecule has 0 radical (unpaired) electrons. The van der Waals surface area contributed by atoms with E-state index >= 15 is 0 Å². The zero-order chi connectivity index (χ0) is 16.3. The van der Waals surface area contributed by atoms with E-state index < -0.39 is 12.1 Å². The summed E-state index contributed by atoms with van der Waals surface area (Å²) in [5.74, 6) is -0.230. The van der Waals surface area contributed by atoms with E-state index in [-0.39, 0.29) is 24.3 Å². The van der Waals surface area contributed by atoms with Crippen LogP contribution in [0.15, 0.2) is 24.3 Å². The number of aliphatic hydroxyl groups is 1. The van der Waals surface area contributed by atoms with Gasteiger partial charge in [-0.1, -0.05) is 12.1 Å². The number of hydrogen-bond donors (Lipinski definition) is 3. The van der Waals surface area contributed by atoms with Crippen LogP contribution in [0.5, 0.6) is 17.2 Å². The van der Waals surface area contributed by atoms with Crippen molar-refractivity contribution in [3.8, 4) is 17.2 Å². The summed E-state index contributed by atoms with van der Waals surface area (Å²) in [5.41, 5.74) is 0.342. The summed E-state index contributed by atoms with van der Waals surface area (Å²) in [7, 11) is 2.71. The highest BCUT2D eigenvalue weighted by molar-refractivity contribution is 5.98. The molecular formula is C16H18O6. The Morgan fingerprint density at radius 2 is 2.00 bits per heavy atom. The standard InChI is InChI=1S/C16H18O6/c1-21-13-5-3-4-11-15(13)12(18)7-9(16(11)20)6-10(17)8-14(19)22-2/h3-5,7,10,17-18,20H,6,8H2,1-2H3. The molecule has 1 unspecified atom stereocenters. The van der Waals surface area contributed by atoms with Crippen molar-refractivity contribution in [2.75, 3.05) is 14.2 Å². The first-order valence-electron chi connectivity index (χ1n) is 6.73. The number of fused-ring (bicyclic) bond motifs is 1. The number of aliphatic hydroxyl groups excluding tert-OH is 1. The van der Waals surface area contributed by atoms with Crippen molar-refractivity contribution in [3.63, 3.8) is 0 Å². The summed E-state index contributed by atoms with van der Waals surface area (Å²) in [5, 5.41) is 31.2. The van der Waals surface area contributed by atoms with E-state index in [2.05, 4.69) is 4.74 Å². The van der Waals surface area contributed by atoms with Crippen LogP contribution in [-0.2, 0) is 16.0 Å². The van der Waals surface area contributed by atoms with Gasteiger partial charge in [-0.2, -0.15) is 0 Å². The zero-order valence-electron chi connectivity index (χ0n) is 12.4. The van der Waals surface area contributed by atoms with Crippen LogP contribution in [0, 0.1) is 0 Å². The van der Waals surface area contributed by atoms with Crippen molar-refractivity contribution < 1.29 is 29.6 Å². The molecule has 6 nitrogen and oxygen atoms in total. The number of phenolic OH excluding ortho intramolecular Hbond substituents is 2. The number of carbonyl (C=O) groups excluding carboxylic acids is 1. The lowest BCUT2D eigenvalue weighted by molar-refractivity contribution is -0.142. The Bertz CT molecular complexity index is 695. The molecule has 22 heavy (non-hydrogen) atoms. The molecule has 0 aliphatic carbocycles. The normalized spacial score (nSPS) is 12.1. The summed E-state index contributed by atoms with van der Waals surface area (Å²) >= 11 is 0. The van der Waals surface area contributed by atoms with Gasteiger partial charge in [0, 0.05) is 17.4 Å². The van der Waals surface area contributed by atoms with Gasteiger partial charge in [0.25, 0.3) is 0 Å². The molecule has 0 saturated carbocycles. The largest absolute Gasteiger partial charge is 0.507 e. The minimum atomic E-state index is -1.01. The van der Waals surface area contributed by atoms with Crippen LogP contribution in [0.2, 0.25) is 0 Å². The second-order valence-electron chi connectivity index (χ2n) is 4.92. The van der Waals surface area contributed by atoms with Crippen LogP contribution in [0.25, 0.3) is 10.8 Å². The third kappa shape index (κ3) is 3.07. The number of methoxy groups -OCH3 is 2. The maximum Gasteiger partial charge on any atom is 0.308 e. The van der Waals surface area contributed by atoms with Crippen molar-refractivity contribution in [1.29, 1.82) is 0 Å². The Balaban J connectivity index is 2.40. The van der Waals surface area contributed by atoms with Gasteiger partial charge in [-0.05, 0) is 12.1 Å². The molecule has 0 heterocycles. The summed E-state index contributed by atoms with van der Waals surface area (Å²) in [4.78, 5) is 11.1. The Labute approximate surface area is 127 Å². The summed E-state index contributed by atoms with van der Waals surface area (Å²) < 4.78 is 9.66. The van der Waals surface area contributed by atoms with Crippen LogP contribution in [-0.4, -0.2) is 41.6 Å². The molecule has 0 aromatic heterocycles. The van der Waals surface area contributed by atoms with E-state index in [1.165, 1.54) is 20.3 Å². The van der Waals surface area contributed by atoms with Gasteiger partial charge < -0.3 is 24.8 Å². The number of rotatable bonds is 5. The van der Waals surface area contributed by atoms with Crippen LogP contribution in [0.4, 0.5) is 0 Å². The first kappa shape index (κ1) is 15.9. The van der Waals surface area contributed by atoms with E-state index in [0.717, 1.165) is 0 Å². The van der Waals surface area contributed by atoms with Gasteiger partial charge in [0.15, 0.2) is 0 Å². The molecule has 6 heteroatoms. The van der Waals surface area contributed by atoms with Gasteiger partial charge >= 0.3 is 5.97 Å². The van der Waals surface area contributed by atoms with Gasteiger partial charge in [-0.3, -0.25) is 4.79 Å². The number of phenols is 2. The molecule has 118 valence electrons. The highest BCUT2D eigenvalue weighted by Crippen LogP contribution is 2.40. The molecule has 2 rings (SSSR count). The maximum atomic E-state index is 11.1. The van der Waals surface area contributed by atoms with E-state index in [4.69, 9.17) is 4.74 Å². The number of esters is 1. The Morgan fingerprint density at radius 3 is 2.64 bits per heavy atom. The van der Waals surface area contributed by atoms with E-state index in [1.54, 1.807) is 18.2 Å². The average molecular weight is 306 g/mol. The van der Waals surface area contributed by atoms with Gasteiger partial charge in [0.1, 0.15) is 17.2 Å². The van der Waals surface area contributed by atoms with Gasteiger partial charge in [-0.15, -0.1) is 0 Å². The average Bonchev–Trinajstić information content (AvgIpc) is 2.51. The highest BCUT2D eigenvalue weighted by Gasteiger charge is 2.18. The molecule has 0 saturated heterocycles. The topological polar surface area (TPSA) is 96.2 Å². The fourth-order valence-corrected chi connectivity index (χ4v) is 2.40. The third-order valence-electron chi connectivity index (χ3n) is 3.46. The number of ether oxygens (including phenoxy) is 2. The molecule has 0 aliphatic rings. The maximum absolute atomic E-state index is 11.1. The van der Waals surface area contributed by atoms with Crippen LogP contribution in [0.1, 0.15) is 12.0 Å². The molecule has 2 aromatic rings. The quantitative estimate of drug-likeness (QED) is 0.575. The van der Waals surface area contributed by atoms with E-state index in [0.29, 0.717) is 22.1 Å². The highest BCUT2D eigenvalue weighted by atomic mass is 16.5. The lowest BCUT2D eigenvalue weighted by Crippen LogP contribution is -2.17. The number of benzene rings is 2. The molecule has 0 fully saturated rings. The molecular weight excluding hydrogens is 288 g/mol. The number of carbonyl (C=O) groups is 1. The SMILES string of the molecule is COC(=O)CC(O)Cc1cc(O)c2c(OC)cccc2c1O. The van der Waals surface area contributed by atoms with E-state index in [1.807, 2.05) is 0 Å². The monoisotopic (exact) mass is 306 g/mol. The first-order valence-corrected chi connectivity index (χ1v) is 6.73. The Morgan fingerprint density at radius 1 is 1.27 bits per heavy atom. The number of aromatic hydroxyl groups is 2. The summed E-state index contributed by atoms with van der Waals surface area (Å²) in [6.45, 7) is 0. The van der Waals surface area contributed by atoms with Crippen molar-refractivity contribution in [1.82, 2.24) is 0 Å². The van der Waals surface area contributed by atoms with Crippen LogP contribution in [0.3, 0.4) is 0 Å². The van der Waals surface area contributed by atoms with Gasteiger partial charge in [-0.25, -0.2) is 0 Å². The molecule has 0 amide bonds. The van der Waals surface area contributed by atoms with Crippen molar-refractivity contribution in [2.45, 2.75) is 18.9 Å². The molecule has 2 aromatic carbocycles. The summed E-state index contributed by atoms with van der Waals surface area (Å²) in [6.07, 6.45) is -1.19. The minimum Gasteiger partial charge on any atom is -0.507 e. The fourth-order valence-electron chi connectivity index (χ4n) is 2.40. The predicted molar refractivity (Wildman–Crippen MR) is 80.2 cm³/mol. The second kappa shape index (κ2) is 6.53. The molecule has 0 spiro atoms. The Kier molecular flexibility index (Phi) is 4.72. The lowest BCUT2D eigenvalue weighted by Gasteiger charge is -2.14. The van der Waals surface area contributed by atoms with Crippen molar-refractivity contribution in [2.24, 2.45) is 0 Å². The van der Waals surface area contributed by atoms with Gasteiger partial charge in [0.2, 0.25) is 0 Å². The molecule has 0 aliphatic heterocycles. The second-order valence-corrected chi connectivity index (χ2v) is 4.92. The number of hydrogen-bond acceptors (Lipinski definition) is 6. The third-order valence-corrected chi connectivity index (χ3v) is 3.46.